The van der Waals surface area contributed by atoms with Crippen LogP contribution in [0.4, 0.5) is 10.5 Å². The number of carbonyl (C=O) groups is 1. The Balaban J connectivity index is 1.58. The summed E-state index contributed by atoms with van der Waals surface area (Å²) in [6.07, 6.45) is 0.883. The largest absolute Gasteiger partial charge is 0.496 e. The summed E-state index contributed by atoms with van der Waals surface area (Å²) in [5.74, 6) is 1.66. The first-order valence-corrected chi connectivity index (χ1v) is 7.19. The monoisotopic (exact) mass is 298 g/mol. The maximum absolute atomic E-state index is 12.0. The molecule has 0 fully saturated rings. The average Bonchev–Trinajstić information content (AvgIpc) is 3.01. The molecule has 2 amide bonds. The molecule has 22 heavy (non-hydrogen) atoms. The minimum absolute atomic E-state index is 0.246. The molecule has 1 aliphatic heterocycles. The van der Waals surface area contributed by atoms with E-state index in [1.807, 2.05) is 42.5 Å². The van der Waals surface area contributed by atoms with E-state index in [0.717, 1.165) is 34.7 Å². The van der Waals surface area contributed by atoms with Gasteiger partial charge in [-0.3, -0.25) is 0 Å². The highest BCUT2D eigenvalue weighted by atomic mass is 16.5. The Labute approximate surface area is 129 Å². The third-order valence-corrected chi connectivity index (χ3v) is 3.58. The highest BCUT2D eigenvalue weighted by Crippen LogP contribution is 2.27. The van der Waals surface area contributed by atoms with Crippen molar-refractivity contribution in [2.45, 2.75) is 13.0 Å². The molecule has 0 atom stereocenters. The van der Waals surface area contributed by atoms with Gasteiger partial charge in [-0.2, -0.15) is 0 Å². The van der Waals surface area contributed by atoms with Crippen LogP contribution in [0.25, 0.3) is 0 Å². The van der Waals surface area contributed by atoms with Crippen molar-refractivity contribution in [1.29, 1.82) is 0 Å². The van der Waals surface area contributed by atoms with E-state index >= 15 is 0 Å². The molecule has 1 aliphatic rings. The lowest BCUT2D eigenvalue weighted by atomic mass is 10.1. The number of rotatable bonds is 4. The lowest BCUT2D eigenvalue weighted by Crippen LogP contribution is -2.28. The predicted molar refractivity (Wildman–Crippen MR) is 84.5 cm³/mol. The number of ether oxygens (including phenoxy) is 2. The molecular formula is C17H18N2O3. The van der Waals surface area contributed by atoms with Gasteiger partial charge in [-0.1, -0.05) is 18.2 Å². The van der Waals surface area contributed by atoms with Crippen LogP contribution in [0.5, 0.6) is 11.5 Å². The number of carbonyl (C=O) groups excluding carboxylic acids is 1. The lowest BCUT2D eigenvalue weighted by Gasteiger charge is -2.11. The van der Waals surface area contributed by atoms with Gasteiger partial charge in [0.05, 0.1) is 13.7 Å². The number of benzene rings is 2. The van der Waals surface area contributed by atoms with Crippen molar-refractivity contribution >= 4 is 11.7 Å². The minimum Gasteiger partial charge on any atom is -0.496 e. The summed E-state index contributed by atoms with van der Waals surface area (Å²) < 4.78 is 10.7. The maximum atomic E-state index is 12.0. The molecule has 1 heterocycles. The fourth-order valence-electron chi connectivity index (χ4n) is 2.46. The number of para-hydroxylation sites is 1. The summed E-state index contributed by atoms with van der Waals surface area (Å²) in [5.41, 5.74) is 2.83. The van der Waals surface area contributed by atoms with E-state index in [4.69, 9.17) is 9.47 Å². The molecule has 3 rings (SSSR count). The van der Waals surface area contributed by atoms with Gasteiger partial charge in [-0.25, -0.2) is 4.79 Å². The van der Waals surface area contributed by atoms with Gasteiger partial charge in [0, 0.05) is 24.2 Å². The van der Waals surface area contributed by atoms with Gasteiger partial charge in [0.15, 0.2) is 0 Å². The van der Waals surface area contributed by atoms with E-state index in [0.29, 0.717) is 13.2 Å². The topological polar surface area (TPSA) is 59.6 Å². The smallest absolute Gasteiger partial charge is 0.319 e. The molecule has 0 radical (unpaired) electrons. The summed E-state index contributed by atoms with van der Waals surface area (Å²) >= 11 is 0. The fraction of sp³-hybridized carbons (Fsp3) is 0.235. The molecule has 0 spiro atoms. The van der Waals surface area contributed by atoms with Gasteiger partial charge in [0.1, 0.15) is 11.5 Å². The second kappa shape index (κ2) is 6.39. The van der Waals surface area contributed by atoms with Crippen LogP contribution < -0.4 is 20.1 Å². The van der Waals surface area contributed by atoms with Crippen molar-refractivity contribution in [3.05, 3.63) is 53.6 Å². The lowest BCUT2D eigenvalue weighted by molar-refractivity contribution is 0.251. The van der Waals surface area contributed by atoms with E-state index in [2.05, 4.69) is 10.6 Å². The molecule has 0 unspecified atom stereocenters. The molecular weight excluding hydrogens is 280 g/mol. The molecule has 2 aromatic rings. The third kappa shape index (κ3) is 3.14. The summed E-state index contributed by atoms with van der Waals surface area (Å²) in [6, 6.07) is 13.0. The number of anilines is 1. The van der Waals surface area contributed by atoms with Crippen LogP contribution >= 0.6 is 0 Å². The van der Waals surface area contributed by atoms with E-state index in [1.165, 1.54) is 0 Å². The number of hydrogen-bond acceptors (Lipinski definition) is 3. The van der Waals surface area contributed by atoms with Gasteiger partial charge in [-0.05, 0) is 29.8 Å². The van der Waals surface area contributed by atoms with Gasteiger partial charge < -0.3 is 20.1 Å². The average molecular weight is 298 g/mol. The molecule has 0 aliphatic carbocycles. The molecule has 0 saturated heterocycles. The van der Waals surface area contributed by atoms with Crippen LogP contribution in [0.2, 0.25) is 0 Å². The van der Waals surface area contributed by atoms with Crippen molar-refractivity contribution in [3.63, 3.8) is 0 Å². The van der Waals surface area contributed by atoms with Crippen LogP contribution in [0.15, 0.2) is 42.5 Å². The van der Waals surface area contributed by atoms with Gasteiger partial charge in [0.25, 0.3) is 0 Å². The number of fused-ring (bicyclic) bond motifs is 1. The molecule has 5 nitrogen and oxygen atoms in total. The molecule has 0 saturated carbocycles. The first-order valence-electron chi connectivity index (χ1n) is 7.19. The van der Waals surface area contributed by atoms with Gasteiger partial charge in [-0.15, -0.1) is 0 Å². The molecule has 2 aromatic carbocycles. The van der Waals surface area contributed by atoms with Crippen molar-refractivity contribution < 1.29 is 14.3 Å². The zero-order valence-electron chi connectivity index (χ0n) is 12.4. The molecule has 2 N–H and O–H groups in total. The predicted octanol–water partition coefficient (Wildman–Crippen LogP) is 2.95. The summed E-state index contributed by atoms with van der Waals surface area (Å²) in [4.78, 5) is 12.0. The summed E-state index contributed by atoms with van der Waals surface area (Å²) in [6.45, 7) is 1.11. The van der Waals surface area contributed by atoms with Crippen molar-refractivity contribution in [1.82, 2.24) is 5.32 Å². The molecule has 5 heteroatoms. The first-order chi connectivity index (χ1) is 10.8. The van der Waals surface area contributed by atoms with Crippen molar-refractivity contribution in [2.24, 2.45) is 0 Å². The summed E-state index contributed by atoms with van der Waals surface area (Å²) in [7, 11) is 1.62. The Hall–Kier alpha value is -2.69. The van der Waals surface area contributed by atoms with Crippen LogP contribution in [0.1, 0.15) is 11.1 Å². The Bertz CT molecular complexity index is 685. The fourth-order valence-corrected chi connectivity index (χ4v) is 2.46. The SMILES string of the molecule is COc1ccccc1CNC(=O)Nc1ccc2c(c1)CCO2. The van der Waals surface area contributed by atoms with E-state index < -0.39 is 0 Å². The quantitative estimate of drug-likeness (QED) is 0.912. The maximum Gasteiger partial charge on any atom is 0.319 e. The second-order valence-electron chi connectivity index (χ2n) is 5.04. The van der Waals surface area contributed by atoms with Gasteiger partial charge in [0.2, 0.25) is 0 Å². The Kier molecular flexibility index (Phi) is 4.14. The van der Waals surface area contributed by atoms with E-state index in [9.17, 15) is 4.79 Å². The number of urea groups is 1. The van der Waals surface area contributed by atoms with Crippen LogP contribution in [0, 0.1) is 0 Å². The van der Waals surface area contributed by atoms with Crippen molar-refractivity contribution in [2.75, 3.05) is 19.0 Å². The van der Waals surface area contributed by atoms with Crippen LogP contribution in [0.3, 0.4) is 0 Å². The highest BCUT2D eigenvalue weighted by molar-refractivity contribution is 5.89. The third-order valence-electron chi connectivity index (χ3n) is 3.58. The van der Waals surface area contributed by atoms with Crippen LogP contribution in [-0.4, -0.2) is 19.7 Å². The van der Waals surface area contributed by atoms with E-state index in [-0.39, 0.29) is 6.03 Å². The van der Waals surface area contributed by atoms with Crippen molar-refractivity contribution in [3.8, 4) is 11.5 Å². The molecule has 0 bridgehead atoms. The molecule has 114 valence electrons. The number of methoxy groups -OCH3 is 1. The zero-order valence-corrected chi connectivity index (χ0v) is 12.4. The number of nitrogens with one attached hydrogen (secondary N) is 2. The second-order valence-corrected chi connectivity index (χ2v) is 5.04. The Morgan fingerprint density at radius 1 is 1.27 bits per heavy atom. The van der Waals surface area contributed by atoms with Gasteiger partial charge >= 0.3 is 6.03 Å². The number of amides is 2. The number of hydrogen-bond donors (Lipinski definition) is 2. The Morgan fingerprint density at radius 2 is 2.14 bits per heavy atom. The van der Waals surface area contributed by atoms with Crippen LogP contribution in [-0.2, 0) is 13.0 Å². The first kappa shape index (κ1) is 14.3. The highest BCUT2D eigenvalue weighted by Gasteiger charge is 2.13. The standard InChI is InChI=1S/C17H18N2O3/c1-21-15-5-3-2-4-13(15)11-18-17(20)19-14-6-7-16-12(10-14)8-9-22-16/h2-7,10H,8-9,11H2,1H3,(H2,18,19,20). The Morgan fingerprint density at radius 3 is 3.00 bits per heavy atom. The molecule has 0 aromatic heterocycles. The minimum atomic E-state index is -0.246. The summed E-state index contributed by atoms with van der Waals surface area (Å²) in [5, 5.41) is 5.66. The zero-order chi connectivity index (χ0) is 15.4. The normalized spacial score (nSPS) is 12.2. The van der Waals surface area contributed by atoms with E-state index in [1.54, 1.807) is 7.11 Å².